The minimum atomic E-state index is -0.574. The van der Waals surface area contributed by atoms with Gasteiger partial charge in [0.25, 0.3) is 0 Å². The molecule has 9 nitrogen and oxygen atoms in total. The van der Waals surface area contributed by atoms with Crippen molar-refractivity contribution in [1.29, 1.82) is 0 Å². The summed E-state index contributed by atoms with van der Waals surface area (Å²) in [4.78, 5) is 56.1. The maximum absolute atomic E-state index is 13.1. The van der Waals surface area contributed by atoms with Gasteiger partial charge in [-0.1, -0.05) is 30.3 Å². The lowest BCUT2D eigenvalue weighted by atomic mass is 10.1. The Hall–Kier alpha value is -3.10. The quantitative estimate of drug-likeness (QED) is 0.578. The highest BCUT2D eigenvalue weighted by molar-refractivity contribution is 5.85. The van der Waals surface area contributed by atoms with Crippen molar-refractivity contribution in [3.63, 3.8) is 0 Å². The maximum atomic E-state index is 13.1. The van der Waals surface area contributed by atoms with Crippen LogP contribution in [0.3, 0.4) is 0 Å². The number of carbonyl (C=O) groups excluding carboxylic acids is 4. The summed E-state index contributed by atoms with van der Waals surface area (Å²) in [6.07, 6.45) is 1.42. The molecule has 1 aromatic carbocycles. The van der Waals surface area contributed by atoms with Gasteiger partial charge in [0, 0.05) is 39.3 Å². The Morgan fingerprint density at radius 2 is 1.28 bits per heavy atom. The highest BCUT2D eigenvalue weighted by atomic mass is 16.6. The Bertz CT molecular complexity index is 975. The number of rotatable bonds is 5. The number of hydrogen-bond acceptors (Lipinski definition) is 6. The first-order chi connectivity index (χ1) is 17.1. The summed E-state index contributed by atoms with van der Waals surface area (Å²) < 4.78 is 10.9. The molecule has 0 spiro atoms. The highest BCUT2D eigenvalue weighted by Gasteiger charge is 2.41. The predicted octanol–water partition coefficient (Wildman–Crippen LogP) is 2.68. The topological polar surface area (TPSA) is 96.5 Å². The molecule has 0 saturated carbocycles. The molecule has 3 unspecified atom stereocenters. The van der Waals surface area contributed by atoms with E-state index in [0.717, 1.165) is 5.56 Å². The SMILES string of the molecule is CC(C)(C)OC(=O)N1CCC(C(=O)N2CCC(C(=O)N3CCC(C(=O)OCc4ccccc4)C3)C2)C1. The van der Waals surface area contributed by atoms with E-state index in [-0.39, 0.29) is 42.1 Å². The predicted molar refractivity (Wildman–Crippen MR) is 132 cm³/mol. The lowest BCUT2D eigenvalue weighted by Gasteiger charge is -2.25. The Labute approximate surface area is 212 Å². The van der Waals surface area contributed by atoms with Crippen LogP contribution < -0.4 is 0 Å². The molecule has 3 fully saturated rings. The van der Waals surface area contributed by atoms with Crippen molar-refractivity contribution in [1.82, 2.24) is 14.7 Å². The molecule has 3 saturated heterocycles. The Morgan fingerprint density at radius 1 is 0.778 bits per heavy atom. The van der Waals surface area contributed by atoms with Crippen molar-refractivity contribution in [3.05, 3.63) is 35.9 Å². The Balaban J connectivity index is 1.22. The first kappa shape index (κ1) is 26.0. The third kappa shape index (κ3) is 6.36. The fourth-order valence-electron chi connectivity index (χ4n) is 5.13. The molecule has 4 rings (SSSR count). The van der Waals surface area contributed by atoms with Crippen LogP contribution in [0, 0.1) is 17.8 Å². The number of carbonyl (C=O) groups is 4. The van der Waals surface area contributed by atoms with Gasteiger partial charge in [-0.05, 0) is 45.6 Å². The zero-order chi connectivity index (χ0) is 25.9. The monoisotopic (exact) mass is 499 g/mol. The zero-order valence-electron chi connectivity index (χ0n) is 21.5. The smallest absolute Gasteiger partial charge is 0.410 e. The highest BCUT2D eigenvalue weighted by Crippen LogP contribution is 2.28. The standard InChI is InChI=1S/C27H37N3O6/c1-27(2,3)36-26(34)30-14-10-21(16-30)24(32)28-12-9-20(15-28)23(31)29-13-11-22(17-29)25(33)35-18-19-7-5-4-6-8-19/h4-8,20-22H,9-18H2,1-3H3. The van der Waals surface area contributed by atoms with Crippen molar-refractivity contribution < 1.29 is 28.7 Å². The minimum absolute atomic E-state index is 0.000136. The first-order valence-corrected chi connectivity index (χ1v) is 12.9. The Kier molecular flexibility index (Phi) is 7.85. The molecular weight excluding hydrogens is 462 g/mol. The van der Waals surface area contributed by atoms with Gasteiger partial charge >= 0.3 is 12.1 Å². The van der Waals surface area contributed by atoms with E-state index in [1.54, 1.807) is 14.7 Å². The molecule has 0 aromatic heterocycles. The number of amides is 3. The Morgan fingerprint density at radius 3 is 1.86 bits per heavy atom. The molecule has 0 bridgehead atoms. The lowest BCUT2D eigenvalue weighted by Crippen LogP contribution is -2.40. The van der Waals surface area contributed by atoms with Gasteiger partial charge in [-0.3, -0.25) is 14.4 Å². The number of benzene rings is 1. The largest absolute Gasteiger partial charge is 0.461 e. The third-order valence-electron chi connectivity index (χ3n) is 7.10. The van der Waals surface area contributed by atoms with Crippen molar-refractivity contribution >= 4 is 23.9 Å². The molecule has 0 N–H and O–H groups in total. The van der Waals surface area contributed by atoms with E-state index in [0.29, 0.717) is 58.5 Å². The summed E-state index contributed by atoms with van der Waals surface area (Å²) in [6, 6.07) is 9.53. The molecular formula is C27H37N3O6. The summed E-state index contributed by atoms with van der Waals surface area (Å²) >= 11 is 0. The van der Waals surface area contributed by atoms with E-state index >= 15 is 0 Å². The van der Waals surface area contributed by atoms with Gasteiger partial charge in [0.05, 0.1) is 17.8 Å². The average Bonchev–Trinajstić information content (AvgIpc) is 3.61. The molecule has 0 radical (unpaired) electrons. The zero-order valence-corrected chi connectivity index (χ0v) is 21.5. The molecule has 3 atom stereocenters. The fourth-order valence-corrected chi connectivity index (χ4v) is 5.13. The van der Waals surface area contributed by atoms with E-state index in [9.17, 15) is 19.2 Å². The third-order valence-corrected chi connectivity index (χ3v) is 7.10. The van der Waals surface area contributed by atoms with E-state index in [1.807, 2.05) is 51.1 Å². The summed E-state index contributed by atoms with van der Waals surface area (Å²) in [5.41, 5.74) is 0.360. The number of hydrogen-bond donors (Lipinski definition) is 0. The van der Waals surface area contributed by atoms with Gasteiger partial charge in [-0.2, -0.15) is 0 Å². The van der Waals surface area contributed by atoms with Crippen LogP contribution in [0.15, 0.2) is 30.3 Å². The van der Waals surface area contributed by atoms with Crippen LogP contribution >= 0.6 is 0 Å². The fraction of sp³-hybridized carbons (Fsp3) is 0.630. The second-order valence-electron chi connectivity index (χ2n) is 11.0. The second kappa shape index (κ2) is 10.9. The van der Waals surface area contributed by atoms with Gasteiger partial charge in [0.15, 0.2) is 0 Å². The van der Waals surface area contributed by atoms with Crippen molar-refractivity contribution in [2.45, 2.75) is 52.2 Å². The van der Waals surface area contributed by atoms with E-state index in [1.165, 1.54) is 0 Å². The number of ether oxygens (including phenoxy) is 2. The molecule has 1 aromatic rings. The first-order valence-electron chi connectivity index (χ1n) is 12.9. The summed E-state index contributed by atoms with van der Waals surface area (Å²) in [6.45, 7) is 8.36. The van der Waals surface area contributed by atoms with Crippen LogP contribution in [-0.4, -0.2) is 83.4 Å². The molecule has 0 aliphatic carbocycles. The van der Waals surface area contributed by atoms with Crippen LogP contribution in [0.1, 0.15) is 45.6 Å². The van der Waals surface area contributed by atoms with Gasteiger partial charge in [-0.25, -0.2) is 4.79 Å². The molecule has 3 heterocycles. The second-order valence-corrected chi connectivity index (χ2v) is 11.0. The van der Waals surface area contributed by atoms with Crippen molar-refractivity contribution in [2.24, 2.45) is 17.8 Å². The lowest BCUT2D eigenvalue weighted by molar-refractivity contribution is -0.149. The molecule has 196 valence electrons. The van der Waals surface area contributed by atoms with Gasteiger partial charge < -0.3 is 24.2 Å². The van der Waals surface area contributed by atoms with E-state index in [4.69, 9.17) is 9.47 Å². The van der Waals surface area contributed by atoms with Crippen LogP contribution in [0.25, 0.3) is 0 Å². The van der Waals surface area contributed by atoms with Crippen molar-refractivity contribution in [2.75, 3.05) is 39.3 Å². The molecule has 9 heteroatoms. The molecule has 3 aliphatic rings. The molecule has 3 amide bonds. The maximum Gasteiger partial charge on any atom is 0.410 e. The summed E-state index contributed by atoms with van der Waals surface area (Å²) in [7, 11) is 0. The number of nitrogens with zero attached hydrogens (tertiary/aromatic N) is 3. The van der Waals surface area contributed by atoms with Crippen LogP contribution in [0.5, 0.6) is 0 Å². The minimum Gasteiger partial charge on any atom is -0.461 e. The van der Waals surface area contributed by atoms with Gasteiger partial charge in [0.1, 0.15) is 12.2 Å². The van der Waals surface area contributed by atoms with Crippen LogP contribution in [-0.2, 0) is 30.5 Å². The van der Waals surface area contributed by atoms with Crippen LogP contribution in [0.4, 0.5) is 4.79 Å². The summed E-state index contributed by atoms with van der Waals surface area (Å²) in [5.74, 6) is -1.09. The number of esters is 1. The van der Waals surface area contributed by atoms with Crippen LogP contribution in [0.2, 0.25) is 0 Å². The van der Waals surface area contributed by atoms with Gasteiger partial charge in [0.2, 0.25) is 11.8 Å². The van der Waals surface area contributed by atoms with Gasteiger partial charge in [-0.15, -0.1) is 0 Å². The average molecular weight is 500 g/mol. The summed E-state index contributed by atoms with van der Waals surface area (Å²) in [5, 5.41) is 0. The molecule has 3 aliphatic heterocycles. The molecule has 36 heavy (non-hydrogen) atoms. The van der Waals surface area contributed by atoms with E-state index < -0.39 is 11.7 Å². The van der Waals surface area contributed by atoms with E-state index in [2.05, 4.69) is 0 Å². The van der Waals surface area contributed by atoms with Crippen molar-refractivity contribution in [3.8, 4) is 0 Å². The normalized spacial score (nSPS) is 24.2. The number of likely N-dealkylation sites (tertiary alicyclic amines) is 3.